The van der Waals surface area contributed by atoms with Gasteiger partial charge in [0.05, 0.1) is 11.0 Å². The highest BCUT2D eigenvalue weighted by atomic mass is 16.5. The molecule has 34 heavy (non-hydrogen) atoms. The highest BCUT2D eigenvalue weighted by Crippen LogP contribution is 2.26. The molecule has 0 fully saturated rings. The zero-order chi connectivity index (χ0) is 22.7. The second-order valence-electron chi connectivity index (χ2n) is 7.90. The van der Waals surface area contributed by atoms with E-state index >= 15 is 0 Å². The number of H-pyrrole nitrogens is 1. The van der Waals surface area contributed by atoms with Crippen LogP contribution in [0.5, 0.6) is 5.75 Å². The Bertz CT molecular complexity index is 1500. The number of para-hydroxylation sites is 3. The van der Waals surface area contributed by atoms with Gasteiger partial charge >= 0.3 is 0 Å². The van der Waals surface area contributed by atoms with Crippen LogP contribution in [0.15, 0.2) is 108 Å². The fraction of sp³-hybridized carbons (Fsp3) is 0.0357. The molecular weight excluding hydrogens is 424 g/mol. The molecule has 2 aromatic heterocycles. The Labute approximate surface area is 195 Å². The Morgan fingerprint density at radius 2 is 1.38 bits per heavy atom. The second kappa shape index (κ2) is 8.67. The van der Waals surface area contributed by atoms with E-state index in [1.807, 2.05) is 103 Å². The first-order valence-corrected chi connectivity index (χ1v) is 11.0. The van der Waals surface area contributed by atoms with Crippen molar-refractivity contribution in [2.24, 2.45) is 0 Å². The van der Waals surface area contributed by atoms with E-state index in [2.05, 4.69) is 20.1 Å². The summed E-state index contributed by atoms with van der Waals surface area (Å²) in [5.41, 5.74) is 5.76. The Morgan fingerprint density at radius 1 is 0.676 bits per heavy atom. The molecule has 0 aliphatic rings. The lowest BCUT2D eigenvalue weighted by molar-refractivity contribution is 0.306. The molecule has 164 valence electrons. The molecule has 6 nitrogen and oxygen atoms in total. The van der Waals surface area contributed by atoms with Crippen molar-refractivity contribution in [1.82, 2.24) is 20.1 Å². The number of nitrogens with one attached hydrogen (secondary N) is 1. The SMILES string of the molecule is c1ccc(OCc2ccc(-c3nc(-c4ccc(-c5nc6ccccc6[nH]5)cc4)no3)cc2)cc1. The Morgan fingerprint density at radius 3 is 2.18 bits per heavy atom. The maximum absolute atomic E-state index is 5.80. The summed E-state index contributed by atoms with van der Waals surface area (Å²) in [4.78, 5) is 12.6. The molecule has 0 saturated carbocycles. The number of hydrogen-bond donors (Lipinski definition) is 1. The number of nitrogens with zero attached hydrogens (tertiary/aromatic N) is 3. The van der Waals surface area contributed by atoms with Gasteiger partial charge in [-0.25, -0.2) is 4.98 Å². The number of ether oxygens (including phenoxy) is 1. The molecule has 0 unspecified atom stereocenters. The maximum atomic E-state index is 5.80. The smallest absolute Gasteiger partial charge is 0.258 e. The molecule has 0 saturated heterocycles. The summed E-state index contributed by atoms with van der Waals surface area (Å²) in [6, 6.07) is 33.6. The summed E-state index contributed by atoms with van der Waals surface area (Å²) in [5.74, 6) is 2.70. The number of hydrogen-bond acceptors (Lipinski definition) is 5. The molecule has 1 N–H and O–H groups in total. The molecule has 6 rings (SSSR count). The minimum absolute atomic E-state index is 0.479. The van der Waals surface area contributed by atoms with Crippen LogP contribution in [0.2, 0.25) is 0 Å². The van der Waals surface area contributed by atoms with Crippen LogP contribution in [0.25, 0.3) is 45.3 Å². The lowest BCUT2D eigenvalue weighted by Gasteiger charge is -2.06. The molecule has 2 heterocycles. The van der Waals surface area contributed by atoms with Crippen molar-refractivity contribution in [3.63, 3.8) is 0 Å². The standard InChI is InChI=1S/C28H20N4O2/c1-2-6-23(7-3-1)33-18-19-10-12-22(13-11-19)28-31-27(32-34-28)21-16-14-20(15-17-21)26-29-24-8-4-5-9-25(24)30-26/h1-17H,18H2,(H,29,30). The average molecular weight is 444 g/mol. The van der Waals surface area contributed by atoms with Crippen molar-refractivity contribution in [2.45, 2.75) is 6.61 Å². The van der Waals surface area contributed by atoms with E-state index in [0.717, 1.165) is 44.9 Å². The zero-order valence-electron chi connectivity index (χ0n) is 18.2. The zero-order valence-corrected chi connectivity index (χ0v) is 18.2. The van der Waals surface area contributed by atoms with Crippen molar-refractivity contribution >= 4 is 11.0 Å². The van der Waals surface area contributed by atoms with Gasteiger partial charge in [0, 0.05) is 16.7 Å². The molecule has 0 amide bonds. The first kappa shape index (κ1) is 19.9. The molecule has 0 aliphatic heterocycles. The fourth-order valence-electron chi connectivity index (χ4n) is 3.75. The van der Waals surface area contributed by atoms with Gasteiger partial charge in [-0.1, -0.05) is 71.9 Å². The molecule has 0 spiro atoms. The van der Waals surface area contributed by atoms with E-state index in [0.29, 0.717) is 18.3 Å². The third-order valence-electron chi connectivity index (χ3n) is 5.58. The summed E-state index contributed by atoms with van der Waals surface area (Å²) in [5, 5.41) is 4.16. The molecule has 0 atom stereocenters. The largest absolute Gasteiger partial charge is 0.489 e. The molecule has 0 aliphatic carbocycles. The van der Waals surface area contributed by atoms with E-state index < -0.39 is 0 Å². The monoisotopic (exact) mass is 444 g/mol. The number of aromatic nitrogens is 4. The van der Waals surface area contributed by atoms with Crippen LogP contribution in [0.4, 0.5) is 0 Å². The minimum atomic E-state index is 0.479. The highest BCUT2D eigenvalue weighted by molar-refractivity contribution is 5.79. The number of rotatable bonds is 6. The first-order valence-electron chi connectivity index (χ1n) is 11.0. The summed E-state index contributed by atoms with van der Waals surface area (Å²) >= 11 is 0. The Hall–Kier alpha value is -4.71. The lowest BCUT2D eigenvalue weighted by atomic mass is 10.1. The second-order valence-corrected chi connectivity index (χ2v) is 7.90. The van der Waals surface area contributed by atoms with Crippen molar-refractivity contribution < 1.29 is 9.26 Å². The van der Waals surface area contributed by atoms with Gasteiger partial charge < -0.3 is 14.2 Å². The normalized spacial score (nSPS) is 11.1. The van der Waals surface area contributed by atoms with Crippen molar-refractivity contribution in [3.05, 3.63) is 109 Å². The predicted octanol–water partition coefficient (Wildman–Crippen LogP) is 6.53. The van der Waals surface area contributed by atoms with E-state index in [9.17, 15) is 0 Å². The van der Waals surface area contributed by atoms with E-state index in [1.54, 1.807) is 0 Å². The average Bonchev–Trinajstić information content (AvgIpc) is 3.56. The number of benzene rings is 4. The van der Waals surface area contributed by atoms with Crippen molar-refractivity contribution in [3.8, 4) is 40.0 Å². The number of imidazole rings is 1. The lowest BCUT2D eigenvalue weighted by Crippen LogP contribution is -1.94. The quantitative estimate of drug-likeness (QED) is 0.316. The number of aromatic amines is 1. The summed E-state index contributed by atoms with van der Waals surface area (Å²) in [7, 11) is 0. The van der Waals surface area contributed by atoms with Gasteiger partial charge in [0.1, 0.15) is 18.2 Å². The van der Waals surface area contributed by atoms with Crippen molar-refractivity contribution in [1.29, 1.82) is 0 Å². The highest BCUT2D eigenvalue weighted by Gasteiger charge is 2.12. The van der Waals surface area contributed by atoms with Crippen LogP contribution < -0.4 is 4.74 Å². The van der Waals surface area contributed by atoms with Crippen LogP contribution >= 0.6 is 0 Å². The Balaban J connectivity index is 1.16. The Kier molecular flexibility index (Phi) is 5.09. The van der Waals surface area contributed by atoms with Crippen LogP contribution in [0, 0.1) is 0 Å². The minimum Gasteiger partial charge on any atom is -0.489 e. The van der Waals surface area contributed by atoms with Crippen molar-refractivity contribution in [2.75, 3.05) is 0 Å². The van der Waals surface area contributed by atoms with Gasteiger partial charge in [-0.05, 0) is 42.0 Å². The third-order valence-corrected chi connectivity index (χ3v) is 5.58. The summed E-state index contributed by atoms with van der Waals surface area (Å²) < 4.78 is 11.3. The van der Waals surface area contributed by atoms with Gasteiger partial charge in [-0.2, -0.15) is 4.98 Å². The molecule has 4 aromatic carbocycles. The van der Waals surface area contributed by atoms with Crippen LogP contribution in [0.3, 0.4) is 0 Å². The predicted molar refractivity (Wildman–Crippen MR) is 131 cm³/mol. The first-order chi connectivity index (χ1) is 16.8. The summed E-state index contributed by atoms with van der Waals surface area (Å²) in [6.45, 7) is 0.497. The molecule has 6 aromatic rings. The van der Waals surface area contributed by atoms with Gasteiger partial charge in [-0.15, -0.1) is 0 Å². The van der Waals surface area contributed by atoms with Gasteiger partial charge in [0.2, 0.25) is 5.82 Å². The van der Waals surface area contributed by atoms with Gasteiger partial charge in [0.15, 0.2) is 0 Å². The van der Waals surface area contributed by atoms with Crippen LogP contribution in [-0.4, -0.2) is 20.1 Å². The fourth-order valence-corrected chi connectivity index (χ4v) is 3.75. The number of fused-ring (bicyclic) bond motifs is 1. The maximum Gasteiger partial charge on any atom is 0.258 e. The van der Waals surface area contributed by atoms with Gasteiger partial charge in [0.25, 0.3) is 5.89 Å². The molecule has 0 bridgehead atoms. The van der Waals surface area contributed by atoms with Gasteiger partial charge in [-0.3, -0.25) is 0 Å². The van der Waals surface area contributed by atoms with Crippen LogP contribution in [0.1, 0.15) is 5.56 Å². The van der Waals surface area contributed by atoms with E-state index in [1.165, 1.54) is 0 Å². The third kappa shape index (κ3) is 4.04. The van der Waals surface area contributed by atoms with E-state index in [-0.39, 0.29) is 0 Å². The molecule has 0 radical (unpaired) electrons. The molecule has 6 heteroatoms. The van der Waals surface area contributed by atoms with E-state index in [4.69, 9.17) is 9.26 Å². The topological polar surface area (TPSA) is 76.8 Å². The summed E-state index contributed by atoms with van der Waals surface area (Å²) in [6.07, 6.45) is 0. The molecular formula is C28H20N4O2. The van der Waals surface area contributed by atoms with Crippen LogP contribution in [-0.2, 0) is 6.61 Å².